The fraction of sp³-hybridized carbons (Fsp3) is 0.400. The fourth-order valence-electron chi connectivity index (χ4n) is 4.63. The van der Waals surface area contributed by atoms with Gasteiger partial charge in [0.2, 0.25) is 11.9 Å². The molecule has 1 saturated heterocycles. The van der Waals surface area contributed by atoms with Crippen LogP contribution in [0, 0.1) is 0 Å². The van der Waals surface area contributed by atoms with Gasteiger partial charge in [0, 0.05) is 43.1 Å². The number of ether oxygens (including phenoxy) is 1. The average Bonchev–Trinajstić information content (AvgIpc) is 3.19. The maximum absolute atomic E-state index is 14.1. The molecule has 13 heteroatoms. The van der Waals surface area contributed by atoms with Gasteiger partial charge in [0.05, 0.1) is 34.2 Å². The third kappa shape index (κ3) is 5.74. The van der Waals surface area contributed by atoms with Crippen molar-refractivity contribution in [1.82, 2.24) is 25.3 Å². The van der Waals surface area contributed by atoms with Crippen molar-refractivity contribution in [2.45, 2.75) is 44.6 Å². The van der Waals surface area contributed by atoms with Gasteiger partial charge in [-0.25, -0.2) is 9.97 Å². The van der Waals surface area contributed by atoms with Crippen molar-refractivity contribution in [3.63, 3.8) is 0 Å². The number of anilines is 1. The van der Waals surface area contributed by atoms with E-state index >= 15 is 0 Å². The molecule has 2 N–H and O–H groups in total. The highest BCUT2D eigenvalue weighted by Gasteiger charge is 2.31. The standard InChI is InChI=1S/C25H26Cl2FN7O3/c1-14(23-29-9-17(26)12-35(23)28)31-21(36)13-34-11-16-3-2-15(8-19(16)24(34)37)22-20(27)10-30-25(33-22)32-18-4-6-38-7-5-18/h2-3,8-10,12,14,18,23H,4-7,11,13H2,1H3,(H,31,36)(H,30,32,33). The van der Waals surface area contributed by atoms with E-state index in [1.54, 1.807) is 13.0 Å². The zero-order valence-corrected chi connectivity index (χ0v) is 22.0. The molecule has 1 aromatic heterocycles. The van der Waals surface area contributed by atoms with E-state index in [0.29, 0.717) is 46.1 Å². The molecule has 1 aromatic carbocycles. The van der Waals surface area contributed by atoms with Crippen LogP contribution >= 0.6 is 23.2 Å². The van der Waals surface area contributed by atoms with Crippen molar-refractivity contribution in [2.24, 2.45) is 4.99 Å². The lowest BCUT2D eigenvalue weighted by Gasteiger charge is -2.28. The lowest BCUT2D eigenvalue weighted by atomic mass is 10.0. The van der Waals surface area contributed by atoms with Crippen molar-refractivity contribution in [1.29, 1.82) is 0 Å². The second-order valence-corrected chi connectivity index (χ2v) is 10.2. The van der Waals surface area contributed by atoms with Gasteiger partial charge in [-0.15, -0.1) is 0 Å². The van der Waals surface area contributed by atoms with E-state index in [4.69, 9.17) is 27.9 Å². The monoisotopic (exact) mass is 561 g/mol. The largest absolute Gasteiger partial charge is 0.381 e. The number of fused-ring (bicyclic) bond motifs is 1. The molecule has 4 heterocycles. The number of benzene rings is 1. The summed E-state index contributed by atoms with van der Waals surface area (Å²) in [5.41, 5.74) is 2.44. The number of allylic oxidation sites excluding steroid dienone is 1. The lowest BCUT2D eigenvalue weighted by Crippen LogP contribution is -2.49. The molecule has 2 aromatic rings. The van der Waals surface area contributed by atoms with Crippen LogP contribution in [0.5, 0.6) is 0 Å². The van der Waals surface area contributed by atoms with Crippen LogP contribution in [-0.4, -0.2) is 76.0 Å². The summed E-state index contributed by atoms with van der Waals surface area (Å²) in [6, 6.07) is 4.98. The molecule has 2 unspecified atom stereocenters. The third-order valence-electron chi connectivity index (χ3n) is 6.58. The molecule has 0 radical (unpaired) electrons. The van der Waals surface area contributed by atoms with Crippen LogP contribution in [-0.2, 0) is 16.1 Å². The second kappa shape index (κ2) is 11.2. The lowest BCUT2D eigenvalue weighted by molar-refractivity contribution is -0.123. The zero-order chi connectivity index (χ0) is 26.8. The minimum absolute atomic E-state index is 0.150. The summed E-state index contributed by atoms with van der Waals surface area (Å²) in [6.07, 6.45) is 4.74. The van der Waals surface area contributed by atoms with E-state index in [1.165, 1.54) is 17.3 Å². The average molecular weight is 562 g/mol. The normalized spacial score (nSPS) is 20.3. The molecule has 200 valence electrons. The SMILES string of the molecule is CC(NC(=O)CN1Cc2ccc(-c3nc(NC4CCOCC4)ncc3Cl)cc2C1=O)C1N=CC(Cl)=CN1F. The Morgan fingerprint density at radius 3 is 2.84 bits per heavy atom. The number of halogens is 3. The third-order valence-corrected chi connectivity index (χ3v) is 7.05. The Bertz CT molecular complexity index is 1300. The number of carbonyl (C=O) groups excluding carboxylic acids is 2. The van der Waals surface area contributed by atoms with Crippen molar-refractivity contribution < 1.29 is 18.8 Å². The molecule has 10 nitrogen and oxygen atoms in total. The predicted octanol–water partition coefficient (Wildman–Crippen LogP) is 3.53. The summed E-state index contributed by atoms with van der Waals surface area (Å²) in [4.78, 5) is 40.2. The number of hydrogen-bond acceptors (Lipinski definition) is 8. The number of nitrogens with zero attached hydrogens (tertiary/aromatic N) is 5. The van der Waals surface area contributed by atoms with Gasteiger partial charge >= 0.3 is 0 Å². The van der Waals surface area contributed by atoms with E-state index in [1.807, 2.05) is 12.1 Å². The van der Waals surface area contributed by atoms with Crippen molar-refractivity contribution >= 4 is 47.2 Å². The van der Waals surface area contributed by atoms with Crippen LogP contribution in [0.3, 0.4) is 0 Å². The summed E-state index contributed by atoms with van der Waals surface area (Å²) in [7, 11) is 0. The van der Waals surface area contributed by atoms with Crippen molar-refractivity contribution in [3.05, 3.63) is 51.8 Å². The van der Waals surface area contributed by atoms with Crippen LogP contribution in [0.25, 0.3) is 11.3 Å². The molecule has 0 bridgehead atoms. The number of aromatic nitrogens is 2. The van der Waals surface area contributed by atoms with Gasteiger partial charge in [0.15, 0.2) is 6.17 Å². The maximum atomic E-state index is 14.1. The molecular formula is C25H26Cl2FN7O3. The first-order valence-electron chi connectivity index (χ1n) is 12.2. The van der Waals surface area contributed by atoms with E-state index in [-0.39, 0.29) is 30.1 Å². The van der Waals surface area contributed by atoms with Crippen LogP contribution in [0.2, 0.25) is 5.02 Å². The van der Waals surface area contributed by atoms with E-state index in [2.05, 4.69) is 25.6 Å². The van der Waals surface area contributed by atoms with Gasteiger partial charge < -0.3 is 20.3 Å². The molecule has 5 rings (SSSR count). The first-order chi connectivity index (χ1) is 18.3. The van der Waals surface area contributed by atoms with E-state index in [9.17, 15) is 14.1 Å². The number of nitrogens with one attached hydrogen (secondary N) is 2. The van der Waals surface area contributed by atoms with Crippen LogP contribution in [0.4, 0.5) is 10.4 Å². The van der Waals surface area contributed by atoms with Crippen molar-refractivity contribution in [2.75, 3.05) is 25.1 Å². The highest BCUT2D eigenvalue weighted by atomic mass is 35.5. The van der Waals surface area contributed by atoms with Crippen LogP contribution < -0.4 is 10.6 Å². The highest BCUT2D eigenvalue weighted by Crippen LogP contribution is 2.31. The zero-order valence-electron chi connectivity index (χ0n) is 20.5. The topological polar surface area (TPSA) is 112 Å². The Hall–Kier alpha value is -3.28. The molecule has 0 aliphatic carbocycles. The number of hydrogen-bond donors (Lipinski definition) is 2. The minimum Gasteiger partial charge on any atom is -0.381 e. The Morgan fingerprint density at radius 2 is 2.08 bits per heavy atom. The smallest absolute Gasteiger partial charge is 0.254 e. The number of rotatable bonds is 7. The van der Waals surface area contributed by atoms with Gasteiger partial charge in [-0.1, -0.05) is 39.8 Å². The summed E-state index contributed by atoms with van der Waals surface area (Å²) in [5, 5.41) is 6.88. The molecule has 3 aliphatic heterocycles. The Balaban J connectivity index is 1.25. The first kappa shape index (κ1) is 26.3. The summed E-state index contributed by atoms with van der Waals surface area (Å²) in [5.74, 6) is -0.249. The summed E-state index contributed by atoms with van der Waals surface area (Å²) >= 11 is 12.2. The molecule has 3 aliphatic rings. The Morgan fingerprint density at radius 1 is 1.29 bits per heavy atom. The van der Waals surface area contributed by atoms with E-state index in [0.717, 1.165) is 24.6 Å². The molecule has 0 saturated carbocycles. The molecule has 2 atom stereocenters. The van der Waals surface area contributed by atoms with Gasteiger partial charge in [-0.05, 0) is 31.4 Å². The van der Waals surface area contributed by atoms with Gasteiger partial charge in [0.1, 0.15) is 6.54 Å². The number of amides is 2. The minimum atomic E-state index is -0.945. The fourth-order valence-corrected chi connectivity index (χ4v) is 4.98. The van der Waals surface area contributed by atoms with Gasteiger partial charge in [0.25, 0.3) is 5.91 Å². The molecule has 38 heavy (non-hydrogen) atoms. The Kier molecular flexibility index (Phi) is 7.78. The summed E-state index contributed by atoms with van der Waals surface area (Å²) < 4.78 is 19.5. The predicted molar refractivity (Wildman–Crippen MR) is 141 cm³/mol. The van der Waals surface area contributed by atoms with Crippen LogP contribution in [0.15, 0.2) is 40.6 Å². The summed E-state index contributed by atoms with van der Waals surface area (Å²) in [6.45, 7) is 3.10. The van der Waals surface area contributed by atoms with Gasteiger partial charge in [-0.3, -0.25) is 14.6 Å². The quantitative estimate of drug-likeness (QED) is 0.497. The van der Waals surface area contributed by atoms with Crippen molar-refractivity contribution in [3.8, 4) is 11.3 Å². The Labute approximate surface area is 228 Å². The number of carbonyl (C=O) groups is 2. The second-order valence-electron chi connectivity index (χ2n) is 9.36. The number of aliphatic imine (C=N–C) groups is 1. The van der Waals surface area contributed by atoms with Crippen LogP contribution in [0.1, 0.15) is 35.7 Å². The molecular weight excluding hydrogens is 536 g/mol. The molecule has 2 amide bonds. The molecule has 0 spiro atoms. The van der Waals surface area contributed by atoms with E-state index < -0.39 is 18.1 Å². The maximum Gasteiger partial charge on any atom is 0.254 e. The first-order valence-corrected chi connectivity index (χ1v) is 13.0. The van der Waals surface area contributed by atoms with Gasteiger partial charge in [-0.2, -0.15) is 5.12 Å². The highest BCUT2D eigenvalue weighted by molar-refractivity contribution is 6.39. The molecule has 1 fully saturated rings.